The van der Waals surface area contributed by atoms with Crippen LogP contribution in [0.5, 0.6) is 5.75 Å². The van der Waals surface area contributed by atoms with Crippen molar-refractivity contribution in [2.24, 2.45) is 11.3 Å². The van der Waals surface area contributed by atoms with Crippen LogP contribution >= 0.6 is 0 Å². The second kappa shape index (κ2) is 13.4. The zero-order chi connectivity index (χ0) is 38.4. The summed E-state index contributed by atoms with van der Waals surface area (Å²) < 4.78 is 47.7. The number of aliphatic hydroxyl groups is 7. The van der Waals surface area contributed by atoms with Crippen molar-refractivity contribution >= 4 is 11.9 Å². The minimum Gasteiger partial charge on any atom is -0.508 e. The highest BCUT2D eigenvalue weighted by Gasteiger charge is 2.94. The molecule has 5 aliphatic heterocycles. The highest BCUT2D eigenvalue weighted by atomic mass is 16.8. The number of aromatic hydroxyl groups is 1. The minimum absolute atomic E-state index is 0.0513. The Morgan fingerprint density at radius 2 is 1.44 bits per heavy atom. The number of phenols is 1. The van der Waals surface area contributed by atoms with Crippen LogP contribution < -0.4 is 0 Å². The van der Waals surface area contributed by atoms with Crippen LogP contribution in [-0.2, 0) is 37.9 Å². The average molecular weight is 763 g/mol. The molecular formula is C36H42O18. The van der Waals surface area contributed by atoms with Crippen LogP contribution in [0, 0.1) is 11.3 Å². The lowest BCUT2D eigenvalue weighted by Crippen LogP contribution is -2.81. The Morgan fingerprint density at radius 3 is 2.15 bits per heavy atom. The van der Waals surface area contributed by atoms with E-state index in [4.69, 9.17) is 37.9 Å². The second-order valence-electron chi connectivity index (χ2n) is 15.0. The molecule has 0 amide bonds. The SMILES string of the molecule is C[C@@]12C[C@@]3(O)OC(O1)[C@]1(COC(=O)c4ccc(O)cc4)[C@@H]3C[C@@]21O[C@@H]1O[C@H](COC(=O)c2ccccc2)[C@@H](O[C@@H]2O[C@H](CO)[C@@H](O)[C@H](O)[C@H]2O)[C@H](O)[C@H]1O. The molecule has 16 atom stereocenters. The molecule has 5 saturated heterocycles. The number of hydrogen-bond donors (Lipinski definition) is 8. The molecule has 3 saturated carbocycles. The van der Waals surface area contributed by atoms with Crippen LogP contribution in [0.4, 0.5) is 0 Å². The lowest BCUT2D eigenvalue weighted by atomic mass is 9.41. The summed E-state index contributed by atoms with van der Waals surface area (Å²) >= 11 is 0. The number of phenolic OH excluding ortho intramolecular Hbond substituents is 1. The molecule has 1 unspecified atom stereocenters. The minimum atomic E-state index is -1.89. The summed E-state index contributed by atoms with van der Waals surface area (Å²) in [5.74, 6) is -3.84. The lowest BCUT2D eigenvalue weighted by molar-refractivity contribution is -0.428. The van der Waals surface area contributed by atoms with E-state index >= 15 is 0 Å². The topological polar surface area (TPSA) is 270 Å². The van der Waals surface area contributed by atoms with E-state index in [1.54, 1.807) is 25.1 Å². The monoisotopic (exact) mass is 762 g/mol. The summed E-state index contributed by atoms with van der Waals surface area (Å²) in [5.41, 5.74) is -3.69. The first-order valence-electron chi connectivity index (χ1n) is 17.6. The normalized spacial score (nSPS) is 45.9. The van der Waals surface area contributed by atoms with Gasteiger partial charge in [0.25, 0.3) is 0 Å². The zero-order valence-corrected chi connectivity index (χ0v) is 28.8. The van der Waals surface area contributed by atoms with Crippen molar-refractivity contribution in [1.29, 1.82) is 0 Å². The van der Waals surface area contributed by atoms with E-state index in [1.165, 1.54) is 36.4 Å². The van der Waals surface area contributed by atoms with Gasteiger partial charge in [0, 0.05) is 12.3 Å². The van der Waals surface area contributed by atoms with Crippen LogP contribution in [0.2, 0.25) is 0 Å². The highest BCUT2D eigenvalue weighted by Crippen LogP contribution is 2.81. The van der Waals surface area contributed by atoms with E-state index in [9.17, 15) is 50.4 Å². The molecule has 5 heterocycles. The predicted molar refractivity (Wildman–Crippen MR) is 173 cm³/mol. The van der Waals surface area contributed by atoms with Gasteiger partial charge < -0.3 is 78.7 Å². The third kappa shape index (κ3) is 5.51. The molecule has 18 nitrogen and oxygen atoms in total. The molecule has 10 rings (SSSR count). The Labute approximate surface area is 307 Å². The fraction of sp³-hybridized carbons (Fsp3) is 0.611. The van der Waals surface area contributed by atoms with E-state index in [0.29, 0.717) is 0 Å². The molecule has 6 bridgehead atoms. The number of hydrogen-bond acceptors (Lipinski definition) is 18. The largest absolute Gasteiger partial charge is 0.508 e. The van der Waals surface area contributed by atoms with Gasteiger partial charge in [-0.3, -0.25) is 0 Å². The van der Waals surface area contributed by atoms with Gasteiger partial charge in [-0.2, -0.15) is 0 Å². The third-order valence-electron chi connectivity index (χ3n) is 12.0. The molecule has 18 heteroatoms. The fourth-order valence-electron chi connectivity index (χ4n) is 9.19. The van der Waals surface area contributed by atoms with Crippen LogP contribution in [-0.4, -0.2) is 157 Å². The Balaban J connectivity index is 1.07. The Morgan fingerprint density at radius 1 is 0.796 bits per heavy atom. The first kappa shape index (κ1) is 37.6. The predicted octanol–water partition coefficient (Wildman–Crippen LogP) is -1.96. The smallest absolute Gasteiger partial charge is 0.338 e. The Bertz CT molecular complexity index is 1730. The summed E-state index contributed by atoms with van der Waals surface area (Å²) in [5, 5.41) is 85.3. The third-order valence-corrected chi connectivity index (χ3v) is 12.0. The summed E-state index contributed by atoms with van der Waals surface area (Å²) in [6.45, 7) is -0.0286. The number of benzene rings is 2. The van der Waals surface area contributed by atoms with Crippen molar-refractivity contribution < 1.29 is 88.3 Å². The van der Waals surface area contributed by atoms with E-state index in [0.717, 1.165) is 0 Å². The maximum Gasteiger partial charge on any atom is 0.338 e. The van der Waals surface area contributed by atoms with Gasteiger partial charge in [0.2, 0.25) is 0 Å². The fourth-order valence-corrected chi connectivity index (χ4v) is 9.19. The number of ether oxygens (including phenoxy) is 8. The van der Waals surface area contributed by atoms with E-state index < -0.39 is 121 Å². The van der Waals surface area contributed by atoms with Crippen LogP contribution in [0.1, 0.15) is 40.5 Å². The summed E-state index contributed by atoms with van der Waals surface area (Å²) in [7, 11) is 0. The Kier molecular flexibility index (Phi) is 9.33. The van der Waals surface area contributed by atoms with Gasteiger partial charge in [0.05, 0.1) is 23.1 Å². The van der Waals surface area contributed by atoms with Crippen molar-refractivity contribution in [1.82, 2.24) is 0 Å². The first-order chi connectivity index (χ1) is 25.7. The lowest BCUT2D eigenvalue weighted by Gasteiger charge is -2.67. The van der Waals surface area contributed by atoms with Gasteiger partial charge in [0.1, 0.15) is 79.0 Å². The molecule has 8 fully saturated rings. The van der Waals surface area contributed by atoms with Crippen LogP contribution in [0.15, 0.2) is 54.6 Å². The standard InChI is InChI=1S/C36H42O18/c1-33-14-35(46)21-11-36(33,34(21,32(53-33)54-35)15-48-29(45)17-7-9-18(38)10-8-17)52-31-26(43)24(41)27(51-30-25(42)23(40)22(39)19(12-37)49-30)20(50-31)13-47-28(44)16-5-3-2-4-6-16/h2-10,19-27,30-32,37-43,46H,11-15H2,1H3/t19-,20-,21+,22-,23+,24-,25-,26-,27-,30+,31+,32?,33+,34+,35-,36-/m1/s1. The van der Waals surface area contributed by atoms with Crippen LogP contribution in [0.3, 0.4) is 0 Å². The number of aliphatic hydroxyl groups excluding tert-OH is 6. The van der Waals surface area contributed by atoms with Crippen LogP contribution in [0.25, 0.3) is 0 Å². The van der Waals surface area contributed by atoms with E-state index in [2.05, 4.69) is 0 Å². The van der Waals surface area contributed by atoms with Gasteiger partial charge in [0.15, 0.2) is 24.7 Å². The molecule has 3 aliphatic carbocycles. The maximum absolute atomic E-state index is 13.1. The number of carbonyl (C=O) groups is 2. The second-order valence-corrected chi connectivity index (χ2v) is 15.0. The molecule has 2 aromatic carbocycles. The summed E-state index contributed by atoms with van der Waals surface area (Å²) in [6.07, 6.45) is -18.1. The summed E-state index contributed by atoms with van der Waals surface area (Å²) in [4.78, 5) is 26.1. The number of rotatable bonds is 11. The maximum atomic E-state index is 13.1. The molecule has 0 spiro atoms. The van der Waals surface area contributed by atoms with Crippen molar-refractivity contribution in [3.63, 3.8) is 0 Å². The van der Waals surface area contributed by atoms with Gasteiger partial charge in [-0.1, -0.05) is 18.2 Å². The molecule has 54 heavy (non-hydrogen) atoms. The van der Waals surface area contributed by atoms with E-state index in [-0.39, 0.29) is 36.3 Å². The quantitative estimate of drug-likeness (QED) is 0.115. The molecule has 294 valence electrons. The van der Waals surface area contributed by atoms with Gasteiger partial charge in [-0.15, -0.1) is 0 Å². The molecule has 0 radical (unpaired) electrons. The molecule has 2 aromatic rings. The van der Waals surface area contributed by atoms with Crippen molar-refractivity contribution in [3.05, 3.63) is 65.7 Å². The number of carbonyl (C=O) groups excluding carboxylic acids is 2. The Hall–Kier alpha value is -3.34. The van der Waals surface area contributed by atoms with E-state index in [1.807, 2.05) is 0 Å². The molecular weight excluding hydrogens is 720 g/mol. The van der Waals surface area contributed by atoms with Gasteiger partial charge >= 0.3 is 11.9 Å². The zero-order valence-electron chi connectivity index (χ0n) is 28.8. The van der Waals surface area contributed by atoms with Gasteiger partial charge in [-0.05, 0) is 49.7 Å². The van der Waals surface area contributed by atoms with Crippen molar-refractivity contribution in [2.75, 3.05) is 19.8 Å². The van der Waals surface area contributed by atoms with Crippen molar-refractivity contribution in [3.8, 4) is 5.75 Å². The first-order valence-corrected chi connectivity index (χ1v) is 17.6. The highest BCUT2D eigenvalue weighted by molar-refractivity contribution is 5.90. The average Bonchev–Trinajstić information content (AvgIpc) is 3.35. The molecule has 8 N–H and O–H groups in total. The number of esters is 2. The molecule has 8 aliphatic rings. The summed E-state index contributed by atoms with van der Waals surface area (Å²) in [6, 6.07) is 13.4. The van der Waals surface area contributed by atoms with Gasteiger partial charge in [-0.25, -0.2) is 9.59 Å². The van der Waals surface area contributed by atoms with Crippen molar-refractivity contribution in [2.45, 2.75) is 104 Å². The molecule has 0 aromatic heterocycles.